The van der Waals surface area contributed by atoms with E-state index in [2.05, 4.69) is 15.5 Å². The van der Waals surface area contributed by atoms with Gasteiger partial charge in [0.25, 0.3) is 0 Å². The summed E-state index contributed by atoms with van der Waals surface area (Å²) in [7, 11) is 0. The van der Waals surface area contributed by atoms with Crippen LogP contribution in [-0.4, -0.2) is 33.1 Å². The zero-order chi connectivity index (χ0) is 19.5. The molecule has 9 nitrogen and oxygen atoms in total. The molecule has 0 atom stereocenters. The van der Waals surface area contributed by atoms with Gasteiger partial charge in [-0.25, -0.2) is 9.36 Å². The first kappa shape index (κ1) is 17.7. The summed E-state index contributed by atoms with van der Waals surface area (Å²) < 4.78 is 5.82. The van der Waals surface area contributed by atoms with Crippen LogP contribution >= 0.6 is 0 Å². The van der Waals surface area contributed by atoms with Crippen molar-refractivity contribution < 1.29 is 14.1 Å². The molecule has 142 valence electrons. The topological polar surface area (TPSA) is 110 Å². The second kappa shape index (κ2) is 7.47. The van der Waals surface area contributed by atoms with E-state index in [-0.39, 0.29) is 18.3 Å². The zero-order valence-electron chi connectivity index (χ0n) is 14.9. The maximum atomic E-state index is 12.6. The third-order valence-corrected chi connectivity index (χ3v) is 4.42. The molecule has 1 aliphatic rings. The predicted octanol–water partition coefficient (Wildman–Crippen LogP) is 1.66. The van der Waals surface area contributed by atoms with Gasteiger partial charge in [0.1, 0.15) is 12.2 Å². The monoisotopic (exact) mass is 379 g/mol. The van der Waals surface area contributed by atoms with Gasteiger partial charge >= 0.3 is 5.76 Å². The third kappa shape index (κ3) is 3.41. The smallest absolute Gasteiger partial charge is 0.323 e. The van der Waals surface area contributed by atoms with Crippen LogP contribution in [0, 0.1) is 0 Å². The zero-order valence-corrected chi connectivity index (χ0v) is 14.9. The molecule has 1 aromatic carbocycles. The minimum Gasteiger partial charge on any atom is -0.323 e. The molecule has 2 amide bonds. The number of nitrogens with zero attached hydrogens (tertiary/aromatic N) is 4. The lowest BCUT2D eigenvalue weighted by Gasteiger charge is -2.20. The highest BCUT2D eigenvalue weighted by molar-refractivity contribution is 6.02. The molecule has 0 unspecified atom stereocenters. The fraction of sp³-hybridized carbons (Fsp3) is 0.211. The van der Waals surface area contributed by atoms with Crippen molar-refractivity contribution in [3.8, 4) is 11.5 Å². The van der Waals surface area contributed by atoms with Crippen LogP contribution in [0.2, 0.25) is 0 Å². The van der Waals surface area contributed by atoms with E-state index >= 15 is 0 Å². The van der Waals surface area contributed by atoms with Crippen LogP contribution in [0.15, 0.2) is 58.0 Å². The maximum Gasteiger partial charge on any atom is 0.442 e. The van der Waals surface area contributed by atoms with Gasteiger partial charge in [-0.3, -0.25) is 19.1 Å². The molecule has 1 N–H and O–H groups in total. The maximum absolute atomic E-state index is 12.6. The summed E-state index contributed by atoms with van der Waals surface area (Å²) in [6.45, 7) is 0.317. The van der Waals surface area contributed by atoms with E-state index in [1.807, 2.05) is 0 Å². The molecular formula is C19H17N5O4. The minimum absolute atomic E-state index is 0.0226. The SMILES string of the molecule is O=C(Cn1c(-c2ccccn2)noc1=O)Nc1ccccc1N1CCCC1=O. The summed E-state index contributed by atoms with van der Waals surface area (Å²) in [6.07, 6.45) is 2.83. The Kier molecular flexibility index (Phi) is 4.71. The Bertz CT molecular complexity index is 1070. The summed E-state index contributed by atoms with van der Waals surface area (Å²) in [4.78, 5) is 42.4. The Balaban J connectivity index is 1.56. The lowest BCUT2D eigenvalue weighted by Crippen LogP contribution is -2.28. The van der Waals surface area contributed by atoms with Crippen molar-refractivity contribution in [1.29, 1.82) is 0 Å². The Morgan fingerprint density at radius 2 is 1.96 bits per heavy atom. The van der Waals surface area contributed by atoms with Crippen LogP contribution in [0.5, 0.6) is 0 Å². The number of carbonyl (C=O) groups is 2. The number of rotatable bonds is 5. The van der Waals surface area contributed by atoms with E-state index in [0.29, 0.717) is 30.0 Å². The van der Waals surface area contributed by atoms with Gasteiger partial charge in [-0.05, 0) is 30.7 Å². The highest BCUT2D eigenvalue weighted by atomic mass is 16.5. The standard InChI is InChI=1S/C19H17N5O4/c25-16(12-24-18(22-28-19(24)27)14-7-3-4-10-20-14)21-13-6-1-2-8-15(13)23-11-5-9-17(23)26/h1-4,6-8,10H,5,9,11-12H2,(H,21,25). The van der Waals surface area contributed by atoms with Crippen molar-refractivity contribution in [2.75, 3.05) is 16.8 Å². The van der Waals surface area contributed by atoms with Crippen LogP contribution in [0.1, 0.15) is 12.8 Å². The van der Waals surface area contributed by atoms with Crippen LogP contribution < -0.4 is 16.0 Å². The van der Waals surface area contributed by atoms with Gasteiger partial charge < -0.3 is 10.2 Å². The molecule has 2 aromatic heterocycles. The number of anilines is 2. The first-order valence-electron chi connectivity index (χ1n) is 8.80. The summed E-state index contributed by atoms with van der Waals surface area (Å²) in [5.74, 6) is -1.00. The van der Waals surface area contributed by atoms with Gasteiger partial charge in [0.05, 0.1) is 11.4 Å². The highest BCUT2D eigenvalue weighted by Gasteiger charge is 2.24. The summed E-state index contributed by atoms with van der Waals surface area (Å²) in [5, 5.41) is 6.49. The molecule has 1 aliphatic heterocycles. The van der Waals surface area contributed by atoms with Gasteiger partial charge in [-0.15, -0.1) is 0 Å². The van der Waals surface area contributed by atoms with Gasteiger partial charge in [0, 0.05) is 19.2 Å². The molecule has 9 heteroatoms. The number of para-hydroxylation sites is 2. The number of hydrogen-bond donors (Lipinski definition) is 1. The fourth-order valence-corrected chi connectivity index (χ4v) is 3.14. The molecule has 4 rings (SSSR count). The van der Waals surface area contributed by atoms with E-state index < -0.39 is 11.7 Å². The van der Waals surface area contributed by atoms with Crippen molar-refractivity contribution in [3.05, 3.63) is 59.2 Å². The van der Waals surface area contributed by atoms with Gasteiger partial charge in [-0.2, -0.15) is 0 Å². The Morgan fingerprint density at radius 1 is 1.14 bits per heavy atom. The summed E-state index contributed by atoms with van der Waals surface area (Å²) >= 11 is 0. The second-order valence-electron chi connectivity index (χ2n) is 6.29. The molecule has 3 aromatic rings. The molecular weight excluding hydrogens is 362 g/mol. The van der Waals surface area contributed by atoms with Crippen LogP contribution in [0.4, 0.5) is 11.4 Å². The fourth-order valence-electron chi connectivity index (χ4n) is 3.14. The lowest BCUT2D eigenvalue weighted by atomic mass is 10.2. The Morgan fingerprint density at radius 3 is 2.71 bits per heavy atom. The van der Waals surface area contributed by atoms with E-state index in [4.69, 9.17) is 4.52 Å². The minimum atomic E-state index is -0.751. The van der Waals surface area contributed by atoms with Crippen molar-refractivity contribution in [2.45, 2.75) is 19.4 Å². The normalized spacial score (nSPS) is 13.7. The largest absolute Gasteiger partial charge is 0.442 e. The Labute approximate surface area is 159 Å². The number of hydrogen-bond acceptors (Lipinski definition) is 6. The number of pyridine rings is 1. The van der Waals surface area contributed by atoms with E-state index in [1.165, 1.54) is 0 Å². The third-order valence-electron chi connectivity index (χ3n) is 4.42. The molecule has 1 saturated heterocycles. The van der Waals surface area contributed by atoms with Crippen molar-refractivity contribution in [2.24, 2.45) is 0 Å². The summed E-state index contributed by atoms with van der Waals surface area (Å²) in [5.41, 5.74) is 1.57. The van der Waals surface area contributed by atoms with E-state index in [9.17, 15) is 14.4 Å². The van der Waals surface area contributed by atoms with Crippen molar-refractivity contribution >= 4 is 23.2 Å². The average molecular weight is 379 g/mol. The van der Waals surface area contributed by atoms with Crippen LogP contribution in [0.3, 0.4) is 0 Å². The van der Waals surface area contributed by atoms with E-state index in [1.54, 1.807) is 53.6 Å². The van der Waals surface area contributed by atoms with Gasteiger partial charge in [-0.1, -0.05) is 23.4 Å². The molecule has 0 aliphatic carbocycles. The van der Waals surface area contributed by atoms with Gasteiger partial charge in [0.2, 0.25) is 17.6 Å². The molecule has 1 fully saturated rings. The molecule has 0 radical (unpaired) electrons. The molecule has 0 spiro atoms. The second-order valence-corrected chi connectivity index (χ2v) is 6.29. The van der Waals surface area contributed by atoms with Crippen molar-refractivity contribution in [1.82, 2.24) is 14.7 Å². The number of carbonyl (C=O) groups excluding carboxylic acids is 2. The van der Waals surface area contributed by atoms with Crippen molar-refractivity contribution in [3.63, 3.8) is 0 Å². The van der Waals surface area contributed by atoms with Gasteiger partial charge in [0.15, 0.2) is 0 Å². The first-order valence-corrected chi connectivity index (χ1v) is 8.80. The first-order chi connectivity index (χ1) is 13.6. The van der Waals surface area contributed by atoms with Crippen LogP contribution in [0.25, 0.3) is 11.5 Å². The average Bonchev–Trinajstić information content (AvgIpc) is 3.29. The highest BCUT2D eigenvalue weighted by Crippen LogP contribution is 2.29. The number of nitrogens with one attached hydrogen (secondary N) is 1. The molecule has 0 saturated carbocycles. The number of aromatic nitrogens is 3. The molecule has 28 heavy (non-hydrogen) atoms. The number of benzene rings is 1. The molecule has 0 bridgehead atoms. The Hall–Kier alpha value is -3.75. The quantitative estimate of drug-likeness (QED) is 0.722. The molecule has 3 heterocycles. The predicted molar refractivity (Wildman–Crippen MR) is 101 cm³/mol. The lowest BCUT2D eigenvalue weighted by molar-refractivity contribution is -0.117. The van der Waals surface area contributed by atoms with Crippen LogP contribution in [-0.2, 0) is 16.1 Å². The number of amides is 2. The summed E-state index contributed by atoms with van der Waals surface area (Å²) in [6, 6.07) is 12.2. The van der Waals surface area contributed by atoms with E-state index in [0.717, 1.165) is 11.0 Å².